The van der Waals surface area contributed by atoms with Gasteiger partial charge in [0.25, 0.3) is 0 Å². The smallest absolute Gasteiger partial charge is 0.328 e. The summed E-state index contributed by atoms with van der Waals surface area (Å²) in [7, 11) is 1.31. The summed E-state index contributed by atoms with van der Waals surface area (Å²) >= 11 is 0. The summed E-state index contributed by atoms with van der Waals surface area (Å²) in [5.74, 6) is -0.403. The average Bonchev–Trinajstić information content (AvgIpc) is 2.73. The lowest BCUT2D eigenvalue weighted by molar-refractivity contribution is -0.144. The molecule has 0 saturated heterocycles. The molecule has 0 heterocycles. The Morgan fingerprint density at radius 1 is 1.50 bits per heavy atom. The summed E-state index contributed by atoms with van der Waals surface area (Å²) in [5, 5.41) is 2.63. The lowest BCUT2D eigenvalue weighted by Gasteiger charge is -2.11. The van der Waals surface area contributed by atoms with Crippen LogP contribution < -0.4 is 5.32 Å². The van der Waals surface area contributed by atoms with Gasteiger partial charge in [-0.3, -0.25) is 4.79 Å². The summed E-state index contributed by atoms with van der Waals surface area (Å²) in [6.07, 6.45) is 0.896. The highest BCUT2D eigenvalue weighted by atomic mass is 16.5. The minimum atomic E-state index is -0.552. The van der Waals surface area contributed by atoms with E-state index in [1.54, 1.807) is 6.92 Å². The van der Waals surface area contributed by atoms with Gasteiger partial charge in [0.05, 0.1) is 7.11 Å². The van der Waals surface area contributed by atoms with Gasteiger partial charge in [0.1, 0.15) is 6.04 Å². The number of methoxy groups -OCH3 is 1. The molecule has 1 saturated carbocycles. The maximum atomic E-state index is 11.5. The summed E-state index contributed by atoms with van der Waals surface area (Å²) in [5.41, 5.74) is 0.0971. The van der Waals surface area contributed by atoms with Gasteiger partial charge < -0.3 is 10.1 Å². The fourth-order valence-corrected chi connectivity index (χ4v) is 1.46. The summed E-state index contributed by atoms with van der Waals surface area (Å²) in [6.45, 7) is 5.71. The van der Waals surface area contributed by atoms with Crippen LogP contribution in [0.1, 0.15) is 27.2 Å². The highest BCUT2D eigenvalue weighted by molar-refractivity contribution is 5.87. The molecule has 1 fully saturated rings. The van der Waals surface area contributed by atoms with Crippen molar-refractivity contribution in [1.82, 2.24) is 5.32 Å². The monoisotopic (exact) mass is 199 g/mol. The Kier molecular flexibility index (Phi) is 2.83. The van der Waals surface area contributed by atoms with Crippen molar-refractivity contribution in [2.75, 3.05) is 7.11 Å². The van der Waals surface area contributed by atoms with E-state index in [4.69, 9.17) is 0 Å². The molecule has 80 valence electrons. The zero-order chi connectivity index (χ0) is 10.9. The Morgan fingerprint density at radius 3 is 2.36 bits per heavy atom. The number of nitrogens with one attached hydrogen (secondary N) is 1. The quantitative estimate of drug-likeness (QED) is 0.681. The van der Waals surface area contributed by atoms with Crippen LogP contribution in [0.4, 0.5) is 0 Å². The van der Waals surface area contributed by atoms with Crippen LogP contribution in [0.3, 0.4) is 0 Å². The van der Waals surface area contributed by atoms with E-state index in [2.05, 4.69) is 10.1 Å². The fraction of sp³-hybridized carbons (Fsp3) is 0.800. The van der Waals surface area contributed by atoms with Gasteiger partial charge in [-0.25, -0.2) is 4.79 Å². The van der Waals surface area contributed by atoms with Crippen molar-refractivity contribution < 1.29 is 14.3 Å². The minimum Gasteiger partial charge on any atom is -0.467 e. The number of ether oxygens (including phenoxy) is 1. The molecule has 4 heteroatoms. The first kappa shape index (κ1) is 11.0. The van der Waals surface area contributed by atoms with E-state index in [1.807, 2.05) is 13.8 Å². The van der Waals surface area contributed by atoms with E-state index in [1.165, 1.54) is 7.11 Å². The average molecular weight is 199 g/mol. The second-order valence-corrected chi connectivity index (χ2v) is 4.50. The lowest BCUT2D eigenvalue weighted by Crippen LogP contribution is -2.40. The molecule has 4 nitrogen and oxygen atoms in total. The topological polar surface area (TPSA) is 55.4 Å². The molecule has 1 aliphatic carbocycles. The summed E-state index contributed by atoms with van der Waals surface area (Å²) in [6, 6.07) is -0.552. The highest BCUT2D eigenvalue weighted by Gasteiger charge is 2.50. The molecule has 0 aromatic carbocycles. The molecule has 0 spiro atoms. The van der Waals surface area contributed by atoms with Gasteiger partial charge in [-0.1, -0.05) is 13.8 Å². The molecule has 1 amide bonds. The molecule has 2 unspecified atom stereocenters. The van der Waals surface area contributed by atoms with E-state index in [0.717, 1.165) is 6.42 Å². The molecule has 2 atom stereocenters. The van der Waals surface area contributed by atoms with Crippen molar-refractivity contribution >= 4 is 11.9 Å². The first-order chi connectivity index (χ1) is 6.38. The molecule has 0 bridgehead atoms. The molecular weight excluding hydrogens is 182 g/mol. The molecule has 0 aromatic heterocycles. The third-order valence-electron chi connectivity index (χ3n) is 2.74. The van der Waals surface area contributed by atoms with Crippen molar-refractivity contribution in [1.29, 1.82) is 0 Å². The second-order valence-electron chi connectivity index (χ2n) is 4.50. The zero-order valence-electron chi connectivity index (χ0n) is 9.09. The van der Waals surface area contributed by atoms with Gasteiger partial charge in [0.15, 0.2) is 0 Å². The van der Waals surface area contributed by atoms with Gasteiger partial charge in [-0.2, -0.15) is 0 Å². The van der Waals surface area contributed by atoms with Crippen molar-refractivity contribution in [3.05, 3.63) is 0 Å². The Hall–Kier alpha value is -1.06. The molecule has 14 heavy (non-hydrogen) atoms. The number of esters is 1. The molecule has 0 radical (unpaired) electrons. The Bertz CT molecular complexity index is 260. The predicted octanol–water partition coefficient (Wildman–Crippen LogP) is 0.710. The van der Waals surface area contributed by atoms with Crippen LogP contribution in [-0.2, 0) is 14.3 Å². The number of amides is 1. The maximum absolute atomic E-state index is 11.5. The third kappa shape index (κ3) is 2.25. The molecule has 0 aromatic rings. The predicted molar refractivity (Wildman–Crippen MR) is 51.5 cm³/mol. The van der Waals surface area contributed by atoms with Crippen LogP contribution >= 0.6 is 0 Å². The summed E-state index contributed by atoms with van der Waals surface area (Å²) in [4.78, 5) is 22.5. The van der Waals surface area contributed by atoms with Crippen LogP contribution in [-0.4, -0.2) is 25.0 Å². The van der Waals surface area contributed by atoms with Gasteiger partial charge in [0.2, 0.25) is 5.91 Å². The normalized spacial score (nSPS) is 25.0. The molecule has 1 N–H and O–H groups in total. The van der Waals surface area contributed by atoms with Gasteiger partial charge in [-0.05, 0) is 18.8 Å². The minimum absolute atomic E-state index is 0.0482. The first-order valence-electron chi connectivity index (χ1n) is 4.76. The number of carbonyl (C=O) groups is 2. The largest absolute Gasteiger partial charge is 0.467 e. The fourth-order valence-electron chi connectivity index (χ4n) is 1.46. The number of hydrogen-bond donors (Lipinski definition) is 1. The Labute approximate surface area is 84.0 Å². The maximum Gasteiger partial charge on any atom is 0.328 e. The molecule has 1 rings (SSSR count). The van der Waals surface area contributed by atoms with E-state index in [-0.39, 0.29) is 17.2 Å². The number of rotatable bonds is 3. The molecular formula is C10H17NO3. The van der Waals surface area contributed by atoms with E-state index >= 15 is 0 Å². The standard InChI is InChI=1S/C10H17NO3/c1-6(9(13)14-4)11-8(12)7-5-10(7,2)3/h6-7H,5H2,1-4H3,(H,11,12). The second kappa shape index (κ2) is 3.59. The van der Waals surface area contributed by atoms with Gasteiger partial charge in [0, 0.05) is 5.92 Å². The lowest BCUT2D eigenvalue weighted by atomic mass is 10.1. The molecule has 0 aliphatic heterocycles. The first-order valence-corrected chi connectivity index (χ1v) is 4.76. The van der Waals surface area contributed by atoms with Crippen LogP contribution in [0.15, 0.2) is 0 Å². The van der Waals surface area contributed by atoms with E-state index in [9.17, 15) is 9.59 Å². The number of hydrogen-bond acceptors (Lipinski definition) is 3. The SMILES string of the molecule is COC(=O)C(C)NC(=O)C1CC1(C)C. The van der Waals surface area contributed by atoms with Crippen molar-refractivity contribution in [3.8, 4) is 0 Å². The highest BCUT2D eigenvalue weighted by Crippen LogP contribution is 2.51. The Morgan fingerprint density at radius 2 is 2.00 bits per heavy atom. The molecule has 1 aliphatic rings. The third-order valence-corrected chi connectivity index (χ3v) is 2.74. The number of carbonyl (C=O) groups excluding carboxylic acids is 2. The van der Waals surface area contributed by atoms with Crippen LogP contribution in [0.25, 0.3) is 0 Å². The van der Waals surface area contributed by atoms with Crippen LogP contribution in [0, 0.1) is 11.3 Å². The van der Waals surface area contributed by atoms with E-state index in [0.29, 0.717) is 0 Å². The van der Waals surface area contributed by atoms with Crippen molar-refractivity contribution in [3.63, 3.8) is 0 Å². The Balaban J connectivity index is 2.39. The zero-order valence-corrected chi connectivity index (χ0v) is 9.09. The van der Waals surface area contributed by atoms with Crippen LogP contribution in [0.5, 0.6) is 0 Å². The van der Waals surface area contributed by atoms with Gasteiger partial charge >= 0.3 is 5.97 Å². The van der Waals surface area contributed by atoms with Crippen molar-refractivity contribution in [2.24, 2.45) is 11.3 Å². The van der Waals surface area contributed by atoms with Crippen molar-refractivity contribution in [2.45, 2.75) is 33.2 Å². The van der Waals surface area contributed by atoms with Gasteiger partial charge in [-0.15, -0.1) is 0 Å². The van der Waals surface area contributed by atoms with Crippen LogP contribution in [0.2, 0.25) is 0 Å². The van der Waals surface area contributed by atoms with E-state index < -0.39 is 12.0 Å². The summed E-state index contributed by atoms with van der Waals surface area (Å²) < 4.78 is 4.51.